The summed E-state index contributed by atoms with van der Waals surface area (Å²) < 4.78 is 0. The fourth-order valence-corrected chi connectivity index (χ4v) is 3.15. The molecule has 0 bridgehead atoms. The average molecular weight is 309 g/mol. The quantitative estimate of drug-likeness (QED) is 0.695. The maximum atomic E-state index is 12.0. The van der Waals surface area contributed by atoms with Gasteiger partial charge in [-0.1, -0.05) is 6.07 Å². The highest BCUT2D eigenvalue weighted by Crippen LogP contribution is 2.15. The molecule has 0 saturated carbocycles. The molecule has 116 valence electrons. The third kappa shape index (κ3) is 5.13. The van der Waals surface area contributed by atoms with Crippen LogP contribution in [0.15, 0.2) is 17.5 Å². The predicted molar refractivity (Wildman–Crippen MR) is 84.5 cm³/mol. The van der Waals surface area contributed by atoms with E-state index in [1.807, 2.05) is 11.4 Å². The summed E-state index contributed by atoms with van der Waals surface area (Å²) >= 11 is 1.43. The highest BCUT2D eigenvalue weighted by atomic mass is 32.1. The summed E-state index contributed by atoms with van der Waals surface area (Å²) in [5, 5.41) is 11.0. The maximum absolute atomic E-state index is 12.0. The number of piperidine rings is 1. The van der Waals surface area contributed by atoms with Crippen molar-refractivity contribution in [3.63, 3.8) is 0 Å². The van der Waals surface area contributed by atoms with Crippen LogP contribution >= 0.6 is 11.3 Å². The zero-order valence-corrected chi connectivity index (χ0v) is 13.2. The highest BCUT2D eigenvalue weighted by molar-refractivity contribution is 7.12. The van der Waals surface area contributed by atoms with Crippen LogP contribution in [0.3, 0.4) is 0 Å². The molecule has 1 aliphatic rings. The molecule has 0 spiro atoms. The van der Waals surface area contributed by atoms with Crippen LogP contribution in [0.2, 0.25) is 0 Å². The Morgan fingerprint density at radius 3 is 2.90 bits per heavy atom. The van der Waals surface area contributed by atoms with Gasteiger partial charge in [0, 0.05) is 25.0 Å². The van der Waals surface area contributed by atoms with Gasteiger partial charge in [-0.05, 0) is 44.2 Å². The van der Waals surface area contributed by atoms with E-state index in [0.29, 0.717) is 19.1 Å². The van der Waals surface area contributed by atoms with Crippen LogP contribution in [-0.4, -0.2) is 37.5 Å². The SMILES string of the molecule is C[C@H]1C[C@@H](C(=O)NCCCNC(=O)c2cccs2)CCN1. The molecule has 2 heterocycles. The fourth-order valence-electron chi connectivity index (χ4n) is 2.51. The first kappa shape index (κ1) is 16.0. The molecule has 1 saturated heterocycles. The molecule has 1 aliphatic heterocycles. The number of hydrogen-bond acceptors (Lipinski definition) is 4. The molecule has 3 N–H and O–H groups in total. The summed E-state index contributed by atoms with van der Waals surface area (Å²) in [6.07, 6.45) is 2.57. The molecule has 0 aliphatic carbocycles. The van der Waals surface area contributed by atoms with Crippen LogP contribution in [0.1, 0.15) is 35.9 Å². The molecule has 0 unspecified atom stereocenters. The molecule has 1 aromatic heterocycles. The number of nitrogens with one attached hydrogen (secondary N) is 3. The van der Waals surface area contributed by atoms with Gasteiger partial charge in [-0.25, -0.2) is 0 Å². The Balaban J connectivity index is 1.57. The molecule has 2 atom stereocenters. The lowest BCUT2D eigenvalue weighted by atomic mass is 9.92. The van der Waals surface area contributed by atoms with E-state index >= 15 is 0 Å². The zero-order chi connectivity index (χ0) is 15.1. The van der Waals surface area contributed by atoms with E-state index in [-0.39, 0.29) is 17.7 Å². The Kier molecular flexibility index (Phi) is 6.20. The van der Waals surface area contributed by atoms with Gasteiger partial charge in [-0.3, -0.25) is 9.59 Å². The molecule has 1 aromatic rings. The van der Waals surface area contributed by atoms with Crippen LogP contribution in [-0.2, 0) is 4.79 Å². The standard InChI is InChI=1S/C15H23N3O2S/c1-11-10-12(5-8-16-11)14(19)17-6-3-7-18-15(20)13-4-2-9-21-13/h2,4,9,11-12,16H,3,5-8,10H2,1H3,(H,17,19)(H,18,20)/t11-,12-/m0/s1. The van der Waals surface area contributed by atoms with Gasteiger partial charge in [-0.15, -0.1) is 11.3 Å². The molecule has 6 heteroatoms. The Hall–Kier alpha value is -1.40. The zero-order valence-electron chi connectivity index (χ0n) is 12.4. The topological polar surface area (TPSA) is 70.2 Å². The van der Waals surface area contributed by atoms with Gasteiger partial charge in [0.25, 0.3) is 5.91 Å². The van der Waals surface area contributed by atoms with E-state index in [0.717, 1.165) is 30.7 Å². The van der Waals surface area contributed by atoms with Crippen molar-refractivity contribution >= 4 is 23.2 Å². The van der Waals surface area contributed by atoms with Crippen LogP contribution in [0.25, 0.3) is 0 Å². The van der Waals surface area contributed by atoms with E-state index in [9.17, 15) is 9.59 Å². The van der Waals surface area contributed by atoms with Crippen molar-refractivity contribution < 1.29 is 9.59 Å². The van der Waals surface area contributed by atoms with Gasteiger partial charge in [0.05, 0.1) is 4.88 Å². The monoisotopic (exact) mass is 309 g/mol. The number of rotatable bonds is 6. The molecular weight excluding hydrogens is 286 g/mol. The summed E-state index contributed by atoms with van der Waals surface area (Å²) in [6, 6.07) is 4.08. The normalized spacial score (nSPS) is 21.8. The van der Waals surface area contributed by atoms with Crippen LogP contribution in [0.5, 0.6) is 0 Å². The Bertz CT molecular complexity index is 461. The molecule has 2 rings (SSSR count). The second-order valence-corrected chi connectivity index (χ2v) is 6.40. The van der Waals surface area contributed by atoms with E-state index in [2.05, 4.69) is 22.9 Å². The third-order valence-corrected chi connectivity index (χ3v) is 4.55. The Morgan fingerprint density at radius 1 is 1.38 bits per heavy atom. The maximum Gasteiger partial charge on any atom is 0.261 e. The second kappa shape index (κ2) is 8.14. The summed E-state index contributed by atoms with van der Waals surface area (Å²) in [5.74, 6) is 0.235. The van der Waals surface area contributed by atoms with Gasteiger partial charge in [-0.2, -0.15) is 0 Å². The molecule has 0 radical (unpaired) electrons. The minimum Gasteiger partial charge on any atom is -0.356 e. The van der Waals surface area contributed by atoms with Crippen molar-refractivity contribution in [2.45, 2.75) is 32.2 Å². The third-order valence-electron chi connectivity index (χ3n) is 3.68. The lowest BCUT2D eigenvalue weighted by Gasteiger charge is -2.27. The minimum absolute atomic E-state index is 0.0384. The number of carbonyl (C=O) groups excluding carboxylic acids is 2. The summed E-state index contributed by atoms with van der Waals surface area (Å²) in [4.78, 5) is 24.4. The van der Waals surface area contributed by atoms with E-state index in [1.54, 1.807) is 6.07 Å². The number of thiophene rings is 1. The number of carbonyl (C=O) groups is 2. The molecule has 2 amide bonds. The first-order valence-corrected chi connectivity index (χ1v) is 8.37. The Morgan fingerprint density at radius 2 is 2.19 bits per heavy atom. The number of amides is 2. The first-order chi connectivity index (χ1) is 10.2. The van der Waals surface area contributed by atoms with Crippen molar-refractivity contribution in [1.29, 1.82) is 0 Å². The van der Waals surface area contributed by atoms with Crippen molar-refractivity contribution in [3.05, 3.63) is 22.4 Å². The van der Waals surface area contributed by atoms with Gasteiger partial charge in [0.1, 0.15) is 0 Å². The average Bonchev–Trinajstić information content (AvgIpc) is 3.00. The lowest BCUT2D eigenvalue weighted by molar-refractivity contribution is -0.126. The Labute approximate surface area is 129 Å². The fraction of sp³-hybridized carbons (Fsp3) is 0.600. The first-order valence-electron chi connectivity index (χ1n) is 7.49. The van der Waals surface area contributed by atoms with E-state index in [1.165, 1.54) is 11.3 Å². The number of hydrogen-bond donors (Lipinski definition) is 3. The van der Waals surface area contributed by atoms with E-state index < -0.39 is 0 Å². The van der Waals surface area contributed by atoms with Gasteiger partial charge < -0.3 is 16.0 Å². The lowest BCUT2D eigenvalue weighted by Crippen LogP contribution is -2.42. The second-order valence-electron chi connectivity index (χ2n) is 5.45. The van der Waals surface area contributed by atoms with Crippen molar-refractivity contribution in [2.75, 3.05) is 19.6 Å². The van der Waals surface area contributed by atoms with Crippen LogP contribution in [0, 0.1) is 5.92 Å². The van der Waals surface area contributed by atoms with Crippen molar-refractivity contribution in [1.82, 2.24) is 16.0 Å². The smallest absolute Gasteiger partial charge is 0.261 e. The van der Waals surface area contributed by atoms with Crippen LogP contribution < -0.4 is 16.0 Å². The predicted octanol–water partition coefficient (Wildman–Crippen LogP) is 1.37. The van der Waals surface area contributed by atoms with Crippen molar-refractivity contribution in [3.8, 4) is 0 Å². The largest absolute Gasteiger partial charge is 0.356 e. The molecule has 5 nitrogen and oxygen atoms in total. The molecule has 0 aromatic carbocycles. The van der Waals surface area contributed by atoms with Crippen LogP contribution in [0.4, 0.5) is 0 Å². The van der Waals surface area contributed by atoms with Gasteiger partial charge in [0.15, 0.2) is 0 Å². The highest BCUT2D eigenvalue weighted by Gasteiger charge is 2.24. The minimum atomic E-state index is -0.0384. The molecular formula is C15H23N3O2S. The molecule has 1 fully saturated rings. The van der Waals surface area contributed by atoms with Crippen molar-refractivity contribution in [2.24, 2.45) is 5.92 Å². The molecule has 21 heavy (non-hydrogen) atoms. The summed E-state index contributed by atoms with van der Waals surface area (Å²) in [6.45, 7) is 4.22. The van der Waals surface area contributed by atoms with Gasteiger partial charge >= 0.3 is 0 Å². The van der Waals surface area contributed by atoms with Gasteiger partial charge in [0.2, 0.25) is 5.91 Å². The summed E-state index contributed by atoms with van der Waals surface area (Å²) in [5.41, 5.74) is 0. The van der Waals surface area contributed by atoms with E-state index in [4.69, 9.17) is 0 Å². The summed E-state index contributed by atoms with van der Waals surface area (Å²) in [7, 11) is 0.